The van der Waals surface area contributed by atoms with Crippen LogP contribution in [0.25, 0.3) is 0 Å². The van der Waals surface area contributed by atoms with Crippen LogP contribution in [0.5, 0.6) is 0 Å². The normalized spacial score (nSPS) is 18.2. The zero-order valence-electron chi connectivity index (χ0n) is 8.19. The molecular weight excluding hydrogens is 216 g/mol. The molecule has 80 valence electrons. The van der Waals surface area contributed by atoms with Gasteiger partial charge < -0.3 is 4.42 Å². The molecule has 1 aliphatic rings. The molecule has 0 saturated carbocycles. The molecule has 0 N–H and O–H groups in total. The summed E-state index contributed by atoms with van der Waals surface area (Å²) >= 11 is 0. The van der Waals surface area contributed by atoms with E-state index in [1.54, 1.807) is 19.1 Å². The molecule has 0 bridgehead atoms. The van der Waals surface area contributed by atoms with Gasteiger partial charge in [-0.3, -0.25) is 0 Å². The van der Waals surface area contributed by atoms with Crippen LogP contribution in [-0.4, -0.2) is 14.2 Å². The van der Waals surface area contributed by atoms with Crippen LogP contribution in [0, 0.1) is 6.92 Å². The van der Waals surface area contributed by atoms with Crippen molar-refractivity contribution >= 4 is 9.84 Å². The molecule has 0 unspecified atom stereocenters. The second-order valence-corrected chi connectivity index (χ2v) is 5.45. The monoisotopic (exact) mass is 226 g/mol. The molecule has 0 aliphatic carbocycles. The third kappa shape index (κ3) is 1.74. The van der Waals surface area contributed by atoms with E-state index in [0.29, 0.717) is 12.2 Å². The lowest BCUT2D eigenvalue weighted by Crippen LogP contribution is -2.15. The van der Waals surface area contributed by atoms with Gasteiger partial charge in [0, 0.05) is 0 Å². The fourth-order valence-corrected chi connectivity index (χ4v) is 3.01. The van der Waals surface area contributed by atoms with Crippen molar-refractivity contribution in [1.29, 1.82) is 0 Å². The second-order valence-electron chi connectivity index (χ2n) is 3.44. The topological polar surface area (TPSA) is 64.3 Å². The third-order valence-corrected chi connectivity index (χ3v) is 3.94. The number of rotatable bonds is 0. The van der Waals surface area contributed by atoms with Gasteiger partial charge in [0.05, 0.1) is 16.2 Å². The highest BCUT2D eigenvalue weighted by Gasteiger charge is 2.22. The van der Waals surface area contributed by atoms with Crippen LogP contribution in [0.1, 0.15) is 11.3 Å². The molecule has 2 rings (SSSR count). The highest BCUT2D eigenvalue weighted by atomic mass is 32.2. The quantitative estimate of drug-likeness (QED) is 0.615. The number of hydrogen-bond donors (Lipinski definition) is 0. The molecule has 5 heteroatoms. The van der Waals surface area contributed by atoms with Gasteiger partial charge in [-0.05, 0) is 19.4 Å². The van der Waals surface area contributed by atoms with Crippen molar-refractivity contribution in [2.45, 2.75) is 18.2 Å². The summed E-state index contributed by atoms with van der Waals surface area (Å²) in [5, 5.41) is 0. The first kappa shape index (κ1) is 10.2. The third-order valence-electron chi connectivity index (χ3n) is 2.27. The lowest BCUT2D eigenvalue weighted by Gasteiger charge is -2.04. The van der Waals surface area contributed by atoms with E-state index in [4.69, 9.17) is 4.42 Å². The molecule has 0 atom stereocenters. The number of hydrogen-bond acceptors (Lipinski definition) is 4. The Bertz CT molecular complexity index is 578. The summed E-state index contributed by atoms with van der Waals surface area (Å²) in [5.41, 5.74) is -0.325. The predicted molar refractivity (Wildman–Crippen MR) is 54.6 cm³/mol. The Kier molecular flexibility index (Phi) is 2.26. The van der Waals surface area contributed by atoms with Crippen molar-refractivity contribution in [2.75, 3.05) is 5.75 Å². The largest absolute Gasteiger partial charge is 0.428 e. The SMILES string of the molecule is Cc1cc2c(c(=O)o1)CC=CCS2(=O)=O. The fourth-order valence-electron chi connectivity index (χ4n) is 1.56. The van der Waals surface area contributed by atoms with Gasteiger partial charge in [-0.1, -0.05) is 12.2 Å². The van der Waals surface area contributed by atoms with Crippen LogP contribution in [0.15, 0.2) is 32.3 Å². The number of sulfone groups is 1. The molecule has 0 fully saturated rings. The minimum absolute atomic E-state index is 0.0527. The molecule has 0 amide bonds. The first-order valence-corrected chi connectivity index (χ1v) is 6.17. The van der Waals surface area contributed by atoms with E-state index in [1.807, 2.05) is 0 Å². The van der Waals surface area contributed by atoms with E-state index in [9.17, 15) is 13.2 Å². The maximum Gasteiger partial charge on any atom is 0.340 e. The van der Waals surface area contributed by atoms with E-state index in [2.05, 4.69) is 0 Å². The molecule has 0 radical (unpaired) electrons. The molecule has 4 nitrogen and oxygen atoms in total. The van der Waals surface area contributed by atoms with Crippen molar-refractivity contribution in [3.63, 3.8) is 0 Å². The number of fused-ring (bicyclic) bond motifs is 1. The summed E-state index contributed by atoms with van der Waals surface area (Å²) in [5.74, 6) is 0.271. The van der Waals surface area contributed by atoms with Crippen LogP contribution in [-0.2, 0) is 16.3 Å². The molecule has 2 heterocycles. The van der Waals surface area contributed by atoms with Crippen molar-refractivity contribution in [3.8, 4) is 0 Å². The van der Waals surface area contributed by atoms with Crippen LogP contribution in [0.3, 0.4) is 0 Å². The molecule has 15 heavy (non-hydrogen) atoms. The van der Waals surface area contributed by atoms with E-state index in [0.717, 1.165) is 0 Å². The van der Waals surface area contributed by atoms with Crippen LogP contribution in [0.4, 0.5) is 0 Å². The van der Waals surface area contributed by atoms with E-state index in [-0.39, 0.29) is 16.2 Å². The highest BCUT2D eigenvalue weighted by Crippen LogP contribution is 2.19. The van der Waals surface area contributed by atoms with Crippen molar-refractivity contribution in [2.24, 2.45) is 0 Å². The molecule has 1 aliphatic heterocycles. The summed E-state index contributed by atoms with van der Waals surface area (Å²) in [7, 11) is -3.37. The Morgan fingerprint density at radius 3 is 2.80 bits per heavy atom. The molecule has 0 spiro atoms. The predicted octanol–water partition coefficient (Wildman–Crippen LogP) is 0.834. The first-order chi connectivity index (χ1) is 7.00. The highest BCUT2D eigenvalue weighted by molar-refractivity contribution is 7.91. The van der Waals surface area contributed by atoms with Gasteiger partial charge in [-0.15, -0.1) is 0 Å². The van der Waals surface area contributed by atoms with Crippen LogP contribution < -0.4 is 5.63 Å². The lowest BCUT2D eigenvalue weighted by atomic mass is 10.2. The lowest BCUT2D eigenvalue weighted by molar-refractivity contribution is 0.466. The number of allylic oxidation sites excluding steroid dienone is 1. The molecule has 1 aromatic heterocycles. The standard InChI is InChI=1S/C10H10O4S/c1-7-6-9-8(10(11)14-7)4-2-3-5-15(9,12)13/h2-3,6H,4-5H2,1H3. The van der Waals surface area contributed by atoms with Gasteiger partial charge in [-0.25, -0.2) is 13.2 Å². The van der Waals surface area contributed by atoms with Gasteiger partial charge >= 0.3 is 5.63 Å². The summed E-state index contributed by atoms with van der Waals surface area (Å²) in [4.78, 5) is 11.6. The Hall–Kier alpha value is -1.36. The van der Waals surface area contributed by atoms with E-state index in [1.165, 1.54) is 6.07 Å². The Morgan fingerprint density at radius 2 is 2.07 bits per heavy atom. The van der Waals surface area contributed by atoms with Gasteiger partial charge in [0.25, 0.3) is 0 Å². The molecular formula is C10H10O4S. The van der Waals surface area contributed by atoms with Crippen molar-refractivity contribution < 1.29 is 12.8 Å². The average molecular weight is 226 g/mol. The average Bonchev–Trinajstić information content (AvgIpc) is 2.26. The van der Waals surface area contributed by atoms with E-state index >= 15 is 0 Å². The van der Waals surface area contributed by atoms with Crippen LogP contribution >= 0.6 is 0 Å². The Balaban J connectivity index is 2.83. The second kappa shape index (κ2) is 3.34. The minimum Gasteiger partial charge on any atom is -0.428 e. The van der Waals surface area contributed by atoms with Crippen LogP contribution in [0.2, 0.25) is 0 Å². The summed E-state index contributed by atoms with van der Waals surface area (Å²) in [6.45, 7) is 1.56. The fraction of sp³-hybridized carbons (Fsp3) is 0.300. The van der Waals surface area contributed by atoms with Gasteiger partial charge in [0.2, 0.25) is 0 Å². The van der Waals surface area contributed by atoms with Gasteiger partial charge in [0.1, 0.15) is 5.76 Å². The smallest absolute Gasteiger partial charge is 0.340 e. The first-order valence-electron chi connectivity index (χ1n) is 4.52. The number of aryl methyl sites for hydroxylation is 1. The zero-order valence-corrected chi connectivity index (χ0v) is 9.00. The molecule has 0 aromatic carbocycles. The zero-order chi connectivity index (χ0) is 11.1. The summed E-state index contributed by atoms with van der Waals surface area (Å²) in [6, 6.07) is 1.42. The maximum absolute atomic E-state index is 11.8. The Labute approximate surface area is 87.2 Å². The summed E-state index contributed by atoms with van der Waals surface area (Å²) in [6.07, 6.45) is 3.55. The van der Waals surface area contributed by atoms with E-state index < -0.39 is 15.5 Å². The van der Waals surface area contributed by atoms with Gasteiger partial charge in [0.15, 0.2) is 9.84 Å². The molecule has 1 aromatic rings. The van der Waals surface area contributed by atoms with Crippen molar-refractivity contribution in [3.05, 3.63) is 40.0 Å². The minimum atomic E-state index is -3.37. The molecule has 0 saturated heterocycles. The van der Waals surface area contributed by atoms with Gasteiger partial charge in [-0.2, -0.15) is 0 Å². The Morgan fingerprint density at radius 1 is 1.33 bits per heavy atom. The maximum atomic E-state index is 11.8. The summed E-state index contributed by atoms with van der Waals surface area (Å²) < 4.78 is 28.4. The van der Waals surface area contributed by atoms with Crippen molar-refractivity contribution in [1.82, 2.24) is 0 Å².